The zero-order valence-corrected chi connectivity index (χ0v) is 19.1. The van der Waals surface area contributed by atoms with Gasteiger partial charge in [-0.3, -0.25) is 14.9 Å². The molecule has 2 N–H and O–H groups in total. The number of nitrogens with one attached hydrogen (secondary N) is 1. The van der Waals surface area contributed by atoms with E-state index in [9.17, 15) is 23.6 Å². The third-order valence-corrected chi connectivity index (χ3v) is 5.44. The Bertz CT molecular complexity index is 1090. The summed E-state index contributed by atoms with van der Waals surface area (Å²) in [4.78, 5) is 48.7. The average Bonchev–Trinajstić information content (AvgIpc) is 2.64. The summed E-state index contributed by atoms with van der Waals surface area (Å²) in [7, 11) is 0. The van der Waals surface area contributed by atoms with Crippen LogP contribution in [0, 0.1) is 13.0 Å². The van der Waals surface area contributed by atoms with Crippen molar-refractivity contribution in [1.29, 1.82) is 0 Å². The van der Waals surface area contributed by atoms with Gasteiger partial charge in [0.15, 0.2) is 6.61 Å². The smallest absolute Gasteiger partial charge is 0.341 e. The highest BCUT2D eigenvalue weighted by molar-refractivity contribution is 14.1. The molecule has 2 aromatic carbocycles. The lowest BCUT2D eigenvalue weighted by Gasteiger charge is -2.26. The van der Waals surface area contributed by atoms with Gasteiger partial charge in [0.25, 0.3) is 11.8 Å². The Labute approximate surface area is 196 Å². The van der Waals surface area contributed by atoms with Crippen LogP contribution in [0.25, 0.3) is 6.08 Å². The Kier molecular flexibility index (Phi) is 6.70. The van der Waals surface area contributed by atoms with Crippen molar-refractivity contribution in [2.45, 2.75) is 0 Å². The van der Waals surface area contributed by atoms with Crippen molar-refractivity contribution >= 4 is 80.8 Å². The number of hydrogen-bond donors (Lipinski definition) is 2. The predicted octanol–water partition coefficient (Wildman–Crippen LogP) is 3.16. The van der Waals surface area contributed by atoms with Crippen LogP contribution in [-0.4, -0.2) is 35.5 Å². The zero-order chi connectivity index (χ0) is 22.0. The number of amides is 4. The lowest BCUT2D eigenvalue weighted by atomic mass is 10.1. The van der Waals surface area contributed by atoms with Gasteiger partial charge in [-0.05, 0) is 87.2 Å². The van der Waals surface area contributed by atoms with Gasteiger partial charge in [0.1, 0.15) is 17.1 Å². The Hall–Kier alpha value is -2.55. The maximum atomic E-state index is 13.5. The van der Waals surface area contributed by atoms with Crippen molar-refractivity contribution in [2.75, 3.05) is 11.5 Å². The van der Waals surface area contributed by atoms with Crippen LogP contribution in [0.5, 0.6) is 5.75 Å². The fraction of sp³-hybridized carbons (Fsp3) is 0.0526. The largest absolute Gasteiger partial charge is 0.480 e. The Morgan fingerprint density at radius 2 is 1.83 bits per heavy atom. The summed E-state index contributed by atoms with van der Waals surface area (Å²) in [6.45, 7) is -0.516. The molecular formula is C19H11FI2N2O6. The molecule has 0 unspecified atom stereocenters. The Balaban J connectivity index is 1.97. The third kappa shape index (κ3) is 4.77. The van der Waals surface area contributed by atoms with Crippen molar-refractivity contribution in [3.05, 3.63) is 60.5 Å². The van der Waals surface area contributed by atoms with Crippen molar-refractivity contribution in [3.63, 3.8) is 0 Å². The van der Waals surface area contributed by atoms with E-state index < -0.39 is 36.2 Å². The molecule has 0 saturated carbocycles. The summed E-state index contributed by atoms with van der Waals surface area (Å²) in [5.41, 5.74) is 0.126. The zero-order valence-electron chi connectivity index (χ0n) is 14.8. The molecule has 154 valence electrons. The SMILES string of the molecule is O=C(O)COc1c(I)cc(/C=C2\C(=O)NC(=O)N(c3cccc(F)c3)C2=O)cc1I. The number of carboxylic acids is 1. The molecule has 30 heavy (non-hydrogen) atoms. The summed E-state index contributed by atoms with van der Waals surface area (Å²) in [5.74, 6) is -3.19. The molecule has 1 saturated heterocycles. The van der Waals surface area contributed by atoms with Crippen LogP contribution in [-0.2, 0) is 14.4 Å². The molecule has 1 heterocycles. The fourth-order valence-corrected chi connectivity index (χ4v) is 4.74. The van der Waals surface area contributed by atoms with Gasteiger partial charge >= 0.3 is 12.0 Å². The van der Waals surface area contributed by atoms with E-state index in [-0.39, 0.29) is 11.3 Å². The first-order valence-corrected chi connectivity index (χ1v) is 10.3. The van der Waals surface area contributed by atoms with Gasteiger partial charge < -0.3 is 9.84 Å². The molecule has 0 atom stereocenters. The number of benzene rings is 2. The van der Waals surface area contributed by atoms with Crippen LogP contribution in [0.3, 0.4) is 0 Å². The van der Waals surface area contributed by atoms with Crippen molar-refractivity contribution < 1.29 is 33.4 Å². The number of ether oxygens (including phenoxy) is 1. The molecule has 0 radical (unpaired) electrons. The molecule has 1 aliphatic heterocycles. The van der Waals surface area contributed by atoms with Crippen LogP contribution in [0.1, 0.15) is 5.56 Å². The summed E-state index contributed by atoms with van der Waals surface area (Å²) in [6.07, 6.45) is 1.29. The van der Waals surface area contributed by atoms with Crippen LogP contribution in [0.15, 0.2) is 42.0 Å². The number of halogens is 3. The second kappa shape index (κ2) is 9.07. The van der Waals surface area contributed by atoms with E-state index in [2.05, 4.69) is 5.32 Å². The summed E-state index contributed by atoms with van der Waals surface area (Å²) in [5, 5.41) is 10.8. The molecule has 1 fully saturated rings. The monoisotopic (exact) mass is 636 g/mol. The quantitative estimate of drug-likeness (QED) is 0.297. The summed E-state index contributed by atoms with van der Waals surface area (Å²) in [6, 6.07) is 7.09. The van der Waals surface area contributed by atoms with Crippen LogP contribution in [0.4, 0.5) is 14.9 Å². The van der Waals surface area contributed by atoms with Crippen molar-refractivity contribution in [1.82, 2.24) is 5.32 Å². The van der Waals surface area contributed by atoms with E-state index in [1.54, 1.807) is 12.1 Å². The molecule has 2 aromatic rings. The number of urea groups is 1. The van der Waals surface area contributed by atoms with Gasteiger partial charge in [-0.15, -0.1) is 0 Å². The highest BCUT2D eigenvalue weighted by atomic mass is 127. The second-order valence-corrected chi connectivity index (χ2v) is 8.26. The summed E-state index contributed by atoms with van der Waals surface area (Å²) >= 11 is 3.88. The molecule has 0 aromatic heterocycles. The van der Waals surface area contributed by atoms with Gasteiger partial charge in [-0.2, -0.15) is 0 Å². The molecule has 1 aliphatic rings. The molecule has 0 bridgehead atoms. The van der Waals surface area contributed by atoms with Crippen molar-refractivity contribution in [3.8, 4) is 5.75 Å². The van der Waals surface area contributed by atoms with E-state index in [1.807, 2.05) is 45.2 Å². The average molecular weight is 636 g/mol. The number of barbiturate groups is 1. The van der Waals surface area contributed by atoms with Crippen LogP contribution in [0.2, 0.25) is 0 Å². The number of carbonyl (C=O) groups is 4. The number of aliphatic carboxylic acids is 1. The van der Waals surface area contributed by atoms with Gasteiger partial charge in [0.2, 0.25) is 0 Å². The molecule has 0 spiro atoms. The van der Waals surface area contributed by atoms with Crippen LogP contribution >= 0.6 is 45.2 Å². The highest BCUT2D eigenvalue weighted by Crippen LogP contribution is 2.30. The van der Waals surface area contributed by atoms with Crippen LogP contribution < -0.4 is 15.0 Å². The second-order valence-electron chi connectivity index (χ2n) is 5.93. The topological polar surface area (TPSA) is 113 Å². The molecule has 0 aliphatic carbocycles. The minimum Gasteiger partial charge on any atom is -0.480 e. The van der Waals surface area contributed by atoms with E-state index in [0.29, 0.717) is 23.4 Å². The van der Waals surface area contributed by atoms with Gasteiger partial charge in [-0.25, -0.2) is 18.9 Å². The number of hydrogen-bond acceptors (Lipinski definition) is 5. The number of rotatable bonds is 5. The maximum absolute atomic E-state index is 13.5. The molecular weight excluding hydrogens is 625 g/mol. The van der Waals surface area contributed by atoms with Gasteiger partial charge in [0.05, 0.1) is 12.8 Å². The first-order chi connectivity index (χ1) is 14.2. The predicted molar refractivity (Wildman–Crippen MR) is 120 cm³/mol. The van der Waals surface area contributed by atoms with E-state index >= 15 is 0 Å². The van der Waals surface area contributed by atoms with Gasteiger partial charge in [0, 0.05) is 0 Å². The lowest BCUT2D eigenvalue weighted by Crippen LogP contribution is -2.54. The lowest BCUT2D eigenvalue weighted by molar-refractivity contribution is -0.139. The Morgan fingerprint density at radius 1 is 1.17 bits per heavy atom. The van der Waals surface area contributed by atoms with E-state index in [0.717, 1.165) is 12.1 Å². The minimum atomic E-state index is -1.13. The van der Waals surface area contributed by atoms with E-state index in [4.69, 9.17) is 9.84 Å². The first kappa shape index (κ1) is 22.1. The molecule has 11 heteroatoms. The Morgan fingerprint density at radius 3 is 2.43 bits per heavy atom. The number of imide groups is 2. The maximum Gasteiger partial charge on any atom is 0.341 e. The molecule has 3 rings (SSSR count). The minimum absolute atomic E-state index is 0.0162. The van der Waals surface area contributed by atoms with Crippen molar-refractivity contribution in [2.24, 2.45) is 0 Å². The number of anilines is 1. The highest BCUT2D eigenvalue weighted by Gasteiger charge is 2.37. The molecule has 8 nitrogen and oxygen atoms in total. The fourth-order valence-electron chi connectivity index (χ4n) is 2.61. The van der Waals surface area contributed by atoms with E-state index in [1.165, 1.54) is 18.2 Å². The number of carboxylic acid groups (broad SMARTS) is 1. The third-order valence-electron chi connectivity index (χ3n) is 3.84. The number of carbonyl (C=O) groups excluding carboxylic acids is 3. The molecule has 4 amide bonds. The number of nitrogens with zero attached hydrogens (tertiary/aromatic N) is 1. The summed E-state index contributed by atoms with van der Waals surface area (Å²) < 4.78 is 19.9. The normalized spacial score (nSPS) is 15.4. The van der Waals surface area contributed by atoms with Gasteiger partial charge in [-0.1, -0.05) is 6.07 Å². The first-order valence-electron chi connectivity index (χ1n) is 8.18. The standard InChI is InChI=1S/C19H11FI2N2O6/c20-10-2-1-3-11(7-10)24-18(28)12(17(27)23-19(24)29)4-9-5-13(21)16(14(22)6-9)30-8-15(25)26/h1-7H,8H2,(H,25,26)(H,23,27,29)/b12-4+.